The lowest BCUT2D eigenvalue weighted by Gasteiger charge is -2.12. The van der Waals surface area contributed by atoms with E-state index >= 15 is 0 Å². The lowest BCUT2D eigenvalue weighted by atomic mass is 10.0. The minimum Gasteiger partial charge on any atom is -0.454 e. The molecule has 1 aliphatic rings. The average Bonchev–Trinajstić information content (AvgIpc) is 2.98. The van der Waals surface area contributed by atoms with Crippen molar-refractivity contribution in [1.29, 1.82) is 0 Å². The van der Waals surface area contributed by atoms with Crippen LogP contribution in [0.1, 0.15) is 38.3 Å². The predicted octanol–water partition coefficient (Wildman–Crippen LogP) is 3.62. The van der Waals surface area contributed by atoms with Crippen molar-refractivity contribution in [2.75, 3.05) is 18.1 Å². The summed E-state index contributed by atoms with van der Waals surface area (Å²) < 4.78 is 28.6. The highest BCUT2D eigenvalue weighted by Crippen LogP contribution is 2.33. The van der Waals surface area contributed by atoms with Gasteiger partial charge in [0.2, 0.25) is 5.78 Å². The quantitative estimate of drug-likeness (QED) is 0.527. The summed E-state index contributed by atoms with van der Waals surface area (Å²) in [6, 6.07) is 12.4. The highest BCUT2D eigenvalue weighted by molar-refractivity contribution is 8.02. The number of hydrogen-bond donors (Lipinski definition) is 0. The van der Waals surface area contributed by atoms with E-state index in [-0.39, 0.29) is 29.1 Å². The Morgan fingerprint density at radius 2 is 1.86 bits per heavy atom. The molecule has 0 saturated carbocycles. The zero-order valence-corrected chi connectivity index (χ0v) is 17.4. The molecule has 0 unspecified atom stereocenters. The summed E-state index contributed by atoms with van der Waals surface area (Å²) in [6.45, 7) is 3.47. The Morgan fingerprint density at radius 3 is 2.54 bits per heavy atom. The fourth-order valence-electron chi connectivity index (χ4n) is 3.18. The second-order valence-electron chi connectivity index (χ2n) is 6.96. The molecule has 7 heteroatoms. The molecule has 0 spiro atoms. The van der Waals surface area contributed by atoms with Gasteiger partial charge in [-0.3, -0.25) is 4.79 Å². The standard InChI is InChI=1S/C21H22O5S2/c1-14-7-8-17(15(2)11-14)19(22)12-26-21(23)18-5-3-4-6-20(18)27-16-9-10-28(24,25)13-16/h3-8,11,16H,9-10,12-13H2,1-2H3/t16-/m0/s1. The van der Waals surface area contributed by atoms with Gasteiger partial charge in [0, 0.05) is 15.7 Å². The maximum Gasteiger partial charge on any atom is 0.339 e. The van der Waals surface area contributed by atoms with Crippen LogP contribution in [-0.2, 0) is 14.6 Å². The first-order chi connectivity index (χ1) is 13.2. The fraction of sp³-hybridized carbons (Fsp3) is 0.333. The normalized spacial score (nSPS) is 18.0. The second kappa shape index (κ2) is 8.49. The van der Waals surface area contributed by atoms with Crippen LogP contribution in [0.15, 0.2) is 47.4 Å². The number of ketones is 1. The van der Waals surface area contributed by atoms with E-state index in [1.165, 1.54) is 11.8 Å². The zero-order chi connectivity index (χ0) is 20.3. The van der Waals surface area contributed by atoms with Gasteiger partial charge in [-0.1, -0.05) is 35.9 Å². The molecular formula is C21H22O5S2. The molecule has 1 saturated heterocycles. The number of ether oxygens (including phenoxy) is 1. The van der Waals surface area contributed by atoms with E-state index in [1.807, 2.05) is 26.0 Å². The molecule has 0 bridgehead atoms. The van der Waals surface area contributed by atoms with Crippen molar-refractivity contribution in [2.24, 2.45) is 0 Å². The van der Waals surface area contributed by atoms with E-state index in [4.69, 9.17) is 4.74 Å². The Morgan fingerprint density at radius 1 is 1.11 bits per heavy atom. The minimum absolute atomic E-state index is 0.0733. The minimum atomic E-state index is -2.99. The summed E-state index contributed by atoms with van der Waals surface area (Å²) in [4.78, 5) is 25.6. The Balaban J connectivity index is 1.67. The van der Waals surface area contributed by atoms with E-state index in [0.717, 1.165) is 11.1 Å². The van der Waals surface area contributed by atoms with Crippen molar-refractivity contribution >= 4 is 33.4 Å². The van der Waals surface area contributed by atoms with Gasteiger partial charge in [0.15, 0.2) is 16.4 Å². The third-order valence-corrected chi connectivity index (χ3v) is 7.93. The van der Waals surface area contributed by atoms with Crippen LogP contribution in [0.25, 0.3) is 0 Å². The highest BCUT2D eigenvalue weighted by atomic mass is 32.2. The number of sulfone groups is 1. The van der Waals surface area contributed by atoms with Gasteiger partial charge >= 0.3 is 5.97 Å². The number of esters is 1. The maximum atomic E-state index is 12.5. The molecule has 0 aromatic heterocycles. The zero-order valence-electron chi connectivity index (χ0n) is 15.8. The van der Waals surface area contributed by atoms with Gasteiger partial charge in [0.05, 0.1) is 17.1 Å². The van der Waals surface area contributed by atoms with Crippen LogP contribution in [0, 0.1) is 13.8 Å². The van der Waals surface area contributed by atoms with Gasteiger partial charge in [0.25, 0.3) is 0 Å². The number of Topliss-reactive ketones (excluding diaryl/α,β-unsaturated/α-hetero) is 1. The van der Waals surface area contributed by atoms with Gasteiger partial charge in [0.1, 0.15) is 0 Å². The number of thioether (sulfide) groups is 1. The predicted molar refractivity (Wildman–Crippen MR) is 110 cm³/mol. The lowest BCUT2D eigenvalue weighted by Crippen LogP contribution is -2.16. The Bertz CT molecular complexity index is 1010. The van der Waals surface area contributed by atoms with E-state index in [9.17, 15) is 18.0 Å². The number of hydrogen-bond acceptors (Lipinski definition) is 6. The molecular weight excluding hydrogens is 396 g/mol. The molecule has 2 aromatic carbocycles. The topological polar surface area (TPSA) is 77.5 Å². The van der Waals surface area contributed by atoms with Crippen molar-refractivity contribution < 1.29 is 22.7 Å². The molecule has 2 aromatic rings. The van der Waals surface area contributed by atoms with E-state index in [2.05, 4.69) is 0 Å². The van der Waals surface area contributed by atoms with Gasteiger partial charge in [-0.25, -0.2) is 13.2 Å². The van der Waals surface area contributed by atoms with Crippen molar-refractivity contribution in [3.05, 3.63) is 64.7 Å². The van der Waals surface area contributed by atoms with E-state index in [1.54, 1.807) is 30.3 Å². The second-order valence-corrected chi connectivity index (χ2v) is 10.5. The van der Waals surface area contributed by atoms with E-state index in [0.29, 0.717) is 22.4 Å². The molecule has 1 atom stereocenters. The molecule has 0 aliphatic carbocycles. The fourth-order valence-corrected chi connectivity index (χ4v) is 6.80. The molecule has 1 heterocycles. The van der Waals surface area contributed by atoms with Crippen LogP contribution in [0.2, 0.25) is 0 Å². The summed E-state index contributed by atoms with van der Waals surface area (Å²) in [5.41, 5.74) is 2.80. The van der Waals surface area contributed by atoms with Crippen LogP contribution >= 0.6 is 11.8 Å². The first kappa shape index (κ1) is 20.6. The summed E-state index contributed by atoms with van der Waals surface area (Å²) in [5.74, 6) is -0.534. The van der Waals surface area contributed by atoms with Crippen LogP contribution < -0.4 is 0 Å². The van der Waals surface area contributed by atoms with Crippen LogP contribution in [0.5, 0.6) is 0 Å². The monoisotopic (exact) mass is 418 g/mol. The number of carbonyl (C=O) groups is 2. The van der Waals surface area contributed by atoms with Gasteiger partial charge in [-0.15, -0.1) is 11.8 Å². The van der Waals surface area contributed by atoms with Crippen molar-refractivity contribution in [3.8, 4) is 0 Å². The number of aryl methyl sites for hydroxylation is 2. The molecule has 28 heavy (non-hydrogen) atoms. The molecule has 0 N–H and O–H groups in total. The third-order valence-electron chi connectivity index (χ3n) is 4.61. The smallest absolute Gasteiger partial charge is 0.339 e. The summed E-state index contributed by atoms with van der Waals surface area (Å²) in [7, 11) is -2.99. The summed E-state index contributed by atoms with van der Waals surface area (Å²) >= 11 is 1.38. The molecule has 0 amide bonds. The summed E-state index contributed by atoms with van der Waals surface area (Å²) in [5, 5.41) is -0.0733. The highest BCUT2D eigenvalue weighted by Gasteiger charge is 2.29. The molecule has 0 radical (unpaired) electrons. The van der Waals surface area contributed by atoms with Gasteiger partial charge in [-0.05, 0) is 38.0 Å². The number of benzene rings is 2. The molecule has 5 nitrogen and oxygen atoms in total. The first-order valence-electron chi connectivity index (χ1n) is 8.99. The van der Waals surface area contributed by atoms with Crippen LogP contribution in [-0.4, -0.2) is 43.5 Å². The first-order valence-corrected chi connectivity index (χ1v) is 11.7. The summed E-state index contributed by atoms with van der Waals surface area (Å²) in [6.07, 6.45) is 0.571. The lowest BCUT2D eigenvalue weighted by molar-refractivity contribution is 0.0471. The maximum absolute atomic E-state index is 12.5. The Kier molecular flexibility index (Phi) is 6.25. The third kappa shape index (κ3) is 5.02. The average molecular weight is 419 g/mol. The van der Waals surface area contributed by atoms with Gasteiger partial charge < -0.3 is 4.74 Å². The SMILES string of the molecule is Cc1ccc(C(=O)COC(=O)c2ccccc2S[C@H]2CCS(=O)(=O)C2)c(C)c1. The Hall–Kier alpha value is -2.12. The van der Waals surface area contributed by atoms with Crippen LogP contribution in [0.4, 0.5) is 0 Å². The number of carbonyl (C=O) groups excluding carboxylic acids is 2. The van der Waals surface area contributed by atoms with Crippen molar-refractivity contribution in [1.82, 2.24) is 0 Å². The van der Waals surface area contributed by atoms with Crippen molar-refractivity contribution in [3.63, 3.8) is 0 Å². The number of rotatable bonds is 6. The van der Waals surface area contributed by atoms with Gasteiger partial charge in [-0.2, -0.15) is 0 Å². The van der Waals surface area contributed by atoms with E-state index < -0.39 is 15.8 Å². The van der Waals surface area contributed by atoms with Crippen LogP contribution in [0.3, 0.4) is 0 Å². The molecule has 1 fully saturated rings. The largest absolute Gasteiger partial charge is 0.454 e. The Labute approximate surface area is 169 Å². The van der Waals surface area contributed by atoms with Crippen molar-refractivity contribution in [2.45, 2.75) is 30.4 Å². The molecule has 1 aliphatic heterocycles. The molecule has 3 rings (SSSR count). The molecule has 148 valence electrons.